The molecule has 0 spiro atoms. The Morgan fingerprint density at radius 2 is 2.08 bits per heavy atom. The number of rotatable bonds is 4. The van der Waals surface area contributed by atoms with Gasteiger partial charge in [0.05, 0.1) is 6.61 Å². The Bertz CT molecular complexity index is 179. The molecule has 0 fully saturated rings. The van der Waals surface area contributed by atoms with Gasteiger partial charge in [-0.05, 0) is 27.2 Å². The predicted molar refractivity (Wildman–Crippen MR) is 48.7 cm³/mol. The smallest absolute Gasteiger partial charge is 0.333 e. The minimum absolute atomic E-state index is 0.282. The summed E-state index contributed by atoms with van der Waals surface area (Å²) in [5.74, 6) is -0.348. The molecule has 0 aliphatic rings. The molecule has 0 rings (SSSR count). The molecule has 12 heavy (non-hydrogen) atoms. The zero-order valence-electron chi connectivity index (χ0n) is 8.02. The second kappa shape index (κ2) is 4.26. The van der Waals surface area contributed by atoms with E-state index in [0.717, 1.165) is 0 Å². The van der Waals surface area contributed by atoms with Crippen molar-refractivity contribution in [1.29, 1.82) is 0 Å². The van der Waals surface area contributed by atoms with E-state index >= 15 is 0 Å². The molecule has 3 nitrogen and oxygen atoms in total. The van der Waals surface area contributed by atoms with Gasteiger partial charge in [0.1, 0.15) is 0 Å². The number of carbonyl (C=O) groups is 1. The van der Waals surface area contributed by atoms with Crippen molar-refractivity contribution >= 4 is 5.97 Å². The second-order valence-electron chi connectivity index (χ2n) is 3.65. The largest absolute Gasteiger partial charge is 0.462 e. The van der Waals surface area contributed by atoms with E-state index in [9.17, 15) is 4.79 Å². The topological polar surface area (TPSA) is 52.3 Å². The van der Waals surface area contributed by atoms with Gasteiger partial charge in [-0.2, -0.15) is 0 Å². The Hall–Kier alpha value is -0.830. The monoisotopic (exact) mass is 171 g/mol. The molecule has 0 aromatic heterocycles. The lowest BCUT2D eigenvalue weighted by atomic mass is 10.0. The van der Waals surface area contributed by atoms with Crippen LogP contribution in [0.4, 0.5) is 0 Å². The number of ether oxygens (including phenoxy) is 1. The number of nitrogens with two attached hydrogens (primary N) is 1. The zero-order valence-corrected chi connectivity index (χ0v) is 8.02. The minimum atomic E-state index is -0.348. The van der Waals surface area contributed by atoms with Crippen molar-refractivity contribution in [2.75, 3.05) is 6.61 Å². The summed E-state index contributed by atoms with van der Waals surface area (Å²) < 4.78 is 4.86. The third-order valence-corrected chi connectivity index (χ3v) is 1.33. The van der Waals surface area contributed by atoms with Crippen LogP contribution in [-0.4, -0.2) is 18.1 Å². The Morgan fingerprint density at radius 3 is 2.42 bits per heavy atom. The SMILES string of the molecule is C=C(C)C(=O)OCCC(C)(C)N. The lowest BCUT2D eigenvalue weighted by Gasteiger charge is -2.17. The van der Waals surface area contributed by atoms with Crippen LogP contribution in [0, 0.1) is 0 Å². The average Bonchev–Trinajstić information content (AvgIpc) is 1.84. The molecule has 0 bridgehead atoms. The summed E-state index contributed by atoms with van der Waals surface area (Å²) in [6, 6.07) is 0. The van der Waals surface area contributed by atoms with Gasteiger partial charge in [0.2, 0.25) is 0 Å². The van der Waals surface area contributed by atoms with E-state index in [-0.39, 0.29) is 11.5 Å². The summed E-state index contributed by atoms with van der Waals surface area (Å²) in [5.41, 5.74) is 5.82. The summed E-state index contributed by atoms with van der Waals surface area (Å²) >= 11 is 0. The van der Waals surface area contributed by atoms with Crippen molar-refractivity contribution in [3.63, 3.8) is 0 Å². The zero-order chi connectivity index (χ0) is 9.78. The summed E-state index contributed by atoms with van der Waals surface area (Å²) in [6.07, 6.45) is 0.659. The van der Waals surface area contributed by atoms with Crippen molar-refractivity contribution in [3.8, 4) is 0 Å². The van der Waals surface area contributed by atoms with Crippen LogP contribution in [0.3, 0.4) is 0 Å². The Balaban J connectivity index is 3.58. The fourth-order valence-electron chi connectivity index (χ4n) is 0.530. The summed E-state index contributed by atoms with van der Waals surface area (Å²) in [7, 11) is 0. The first-order valence-corrected chi connectivity index (χ1v) is 3.94. The first-order chi connectivity index (χ1) is 5.33. The fraction of sp³-hybridized carbons (Fsp3) is 0.667. The highest BCUT2D eigenvalue weighted by Crippen LogP contribution is 2.04. The van der Waals surface area contributed by atoms with Crippen LogP contribution in [-0.2, 0) is 9.53 Å². The third kappa shape index (κ3) is 5.92. The maximum absolute atomic E-state index is 10.9. The Morgan fingerprint density at radius 1 is 1.58 bits per heavy atom. The van der Waals surface area contributed by atoms with E-state index in [0.29, 0.717) is 18.6 Å². The second-order valence-corrected chi connectivity index (χ2v) is 3.65. The van der Waals surface area contributed by atoms with E-state index in [4.69, 9.17) is 10.5 Å². The van der Waals surface area contributed by atoms with E-state index in [2.05, 4.69) is 6.58 Å². The molecule has 0 aromatic rings. The third-order valence-electron chi connectivity index (χ3n) is 1.33. The van der Waals surface area contributed by atoms with Gasteiger partial charge in [-0.1, -0.05) is 6.58 Å². The van der Waals surface area contributed by atoms with Gasteiger partial charge in [-0.3, -0.25) is 0 Å². The predicted octanol–water partition coefficient (Wildman–Crippen LogP) is 1.23. The molecule has 0 aromatic carbocycles. The standard InChI is InChI=1S/C9H17NO2/c1-7(2)8(11)12-6-5-9(3,4)10/h1,5-6,10H2,2-4H3. The van der Waals surface area contributed by atoms with Crippen LogP contribution in [0.5, 0.6) is 0 Å². The highest BCUT2D eigenvalue weighted by molar-refractivity contribution is 5.86. The van der Waals surface area contributed by atoms with Crippen molar-refractivity contribution in [3.05, 3.63) is 12.2 Å². The molecule has 0 aliphatic carbocycles. The average molecular weight is 171 g/mol. The van der Waals surface area contributed by atoms with Crippen molar-refractivity contribution in [2.24, 2.45) is 5.73 Å². The van der Waals surface area contributed by atoms with E-state index in [1.54, 1.807) is 6.92 Å². The van der Waals surface area contributed by atoms with Gasteiger partial charge in [-0.25, -0.2) is 4.79 Å². The van der Waals surface area contributed by atoms with Crippen molar-refractivity contribution in [2.45, 2.75) is 32.7 Å². The number of hydrogen-bond acceptors (Lipinski definition) is 3. The van der Waals surface area contributed by atoms with Crippen LogP contribution in [0.15, 0.2) is 12.2 Å². The van der Waals surface area contributed by atoms with Gasteiger partial charge in [-0.15, -0.1) is 0 Å². The van der Waals surface area contributed by atoms with Gasteiger partial charge in [0.15, 0.2) is 0 Å². The van der Waals surface area contributed by atoms with Gasteiger partial charge in [0, 0.05) is 11.1 Å². The lowest BCUT2D eigenvalue weighted by molar-refractivity contribution is -0.139. The molecule has 0 saturated carbocycles. The van der Waals surface area contributed by atoms with Gasteiger partial charge < -0.3 is 10.5 Å². The molecule has 0 radical (unpaired) electrons. The van der Waals surface area contributed by atoms with Crippen LogP contribution in [0.2, 0.25) is 0 Å². The Kier molecular flexibility index (Phi) is 3.96. The molecule has 2 N–H and O–H groups in total. The highest BCUT2D eigenvalue weighted by Gasteiger charge is 2.11. The number of hydrogen-bond donors (Lipinski definition) is 1. The molecule has 70 valence electrons. The van der Waals surface area contributed by atoms with Gasteiger partial charge >= 0.3 is 5.97 Å². The lowest BCUT2D eigenvalue weighted by Crippen LogP contribution is -2.33. The van der Waals surface area contributed by atoms with Crippen LogP contribution < -0.4 is 5.73 Å². The Labute approximate surface area is 73.6 Å². The van der Waals surface area contributed by atoms with Crippen molar-refractivity contribution < 1.29 is 9.53 Å². The molecule has 3 heteroatoms. The molecular weight excluding hydrogens is 154 g/mol. The van der Waals surface area contributed by atoms with Crippen LogP contribution in [0.1, 0.15) is 27.2 Å². The number of carbonyl (C=O) groups excluding carboxylic acids is 1. The van der Waals surface area contributed by atoms with E-state index in [1.165, 1.54) is 0 Å². The van der Waals surface area contributed by atoms with Crippen LogP contribution in [0.25, 0.3) is 0 Å². The molecule has 0 saturated heterocycles. The minimum Gasteiger partial charge on any atom is -0.462 e. The molecule has 0 amide bonds. The molecule has 0 atom stereocenters. The number of esters is 1. The summed E-state index contributed by atoms with van der Waals surface area (Å²) in [4.78, 5) is 10.9. The maximum atomic E-state index is 10.9. The van der Waals surface area contributed by atoms with Crippen molar-refractivity contribution in [1.82, 2.24) is 0 Å². The molecule has 0 heterocycles. The normalized spacial score (nSPS) is 11.0. The molecule has 0 unspecified atom stereocenters. The first-order valence-electron chi connectivity index (χ1n) is 3.94. The van der Waals surface area contributed by atoms with E-state index in [1.807, 2.05) is 13.8 Å². The molecular formula is C9H17NO2. The first kappa shape index (κ1) is 11.2. The molecule has 0 aliphatic heterocycles. The highest BCUT2D eigenvalue weighted by atomic mass is 16.5. The quantitative estimate of drug-likeness (QED) is 0.511. The van der Waals surface area contributed by atoms with Gasteiger partial charge in [0.25, 0.3) is 0 Å². The maximum Gasteiger partial charge on any atom is 0.333 e. The van der Waals surface area contributed by atoms with E-state index < -0.39 is 0 Å². The summed E-state index contributed by atoms with van der Waals surface area (Å²) in [6.45, 7) is 9.22. The fourth-order valence-corrected chi connectivity index (χ4v) is 0.530. The van der Waals surface area contributed by atoms with Crippen LogP contribution >= 0.6 is 0 Å². The summed E-state index contributed by atoms with van der Waals surface area (Å²) in [5, 5.41) is 0.